The van der Waals surface area contributed by atoms with Crippen LogP contribution in [0.2, 0.25) is 0 Å². The minimum atomic E-state index is 0.511. The first-order valence-corrected chi connectivity index (χ1v) is 7.39. The molecule has 1 N–H and O–H groups in total. The molecule has 0 amide bonds. The standard InChI is InChI=1S/C17H20N2O2/c1-2-4-16(5-3-1)20-10-11-21-17-13-18-9-8-14(17)12-19-15-6-7-15/h1-5,8-9,13,15,19H,6-7,10-12H2. The van der Waals surface area contributed by atoms with Gasteiger partial charge in [-0.3, -0.25) is 4.98 Å². The Kier molecular flexibility index (Phi) is 4.69. The van der Waals surface area contributed by atoms with Crippen LogP contribution in [0.4, 0.5) is 0 Å². The number of pyridine rings is 1. The van der Waals surface area contributed by atoms with E-state index in [1.54, 1.807) is 12.4 Å². The molecule has 1 heterocycles. The van der Waals surface area contributed by atoms with E-state index in [2.05, 4.69) is 10.3 Å². The van der Waals surface area contributed by atoms with Gasteiger partial charge in [-0.25, -0.2) is 0 Å². The molecule has 1 aliphatic carbocycles. The molecule has 1 aromatic carbocycles. The third-order valence-electron chi connectivity index (χ3n) is 3.38. The van der Waals surface area contributed by atoms with Crippen molar-refractivity contribution in [3.8, 4) is 11.5 Å². The number of hydrogen-bond acceptors (Lipinski definition) is 4. The van der Waals surface area contributed by atoms with Crippen LogP contribution < -0.4 is 14.8 Å². The summed E-state index contributed by atoms with van der Waals surface area (Å²) in [5.41, 5.74) is 1.15. The van der Waals surface area contributed by atoms with E-state index < -0.39 is 0 Å². The molecule has 1 saturated carbocycles. The van der Waals surface area contributed by atoms with Crippen LogP contribution in [0.25, 0.3) is 0 Å². The van der Waals surface area contributed by atoms with E-state index in [9.17, 15) is 0 Å². The highest BCUT2D eigenvalue weighted by Gasteiger charge is 2.20. The Morgan fingerprint density at radius 1 is 1.05 bits per heavy atom. The molecule has 0 saturated heterocycles. The highest BCUT2D eigenvalue weighted by molar-refractivity contribution is 5.29. The van der Waals surface area contributed by atoms with E-state index >= 15 is 0 Å². The topological polar surface area (TPSA) is 43.4 Å². The van der Waals surface area contributed by atoms with Gasteiger partial charge in [0.1, 0.15) is 24.7 Å². The lowest BCUT2D eigenvalue weighted by Crippen LogP contribution is -2.17. The fraction of sp³-hybridized carbons (Fsp3) is 0.353. The minimum Gasteiger partial charge on any atom is -0.490 e. The summed E-state index contributed by atoms with van der Waals surface area (Å²) in [6.45, 7) is 1.87. The largest absolute Gasteiger partial charge is 0.490 e. The van der Waals surface area contributed by atoms with Crippen molar-refractivity contribution in [2.24, 2.45) is 0 Å². The first-order valence-electron chi connectivity index (χ1n) is 7.39. The maximum absolute atomic E-state index is 5.78. The summed E-state index contributed by atoms with van der Waals surface area (Å²) in [6.07, 6.45) is 6.14. The summed E-state index contributed by atoms with van der Waals surface area (Å²) in [6, 6.07) is 12.5. The van der Waals surface area contributed by atoms with Gasteiger partial charge in [0.15, 0.2) is 0 Å². The predicted octanol–water partition coefficient (Wildman–Crippen LogP) is 2.79. The van der Waals surface area contributed by atoms with Crippen LogP contribution in [-0.2, 0) is 6.54 Å². The predicted molar refractivity (Wildman–Crippen MR) is 81.5 cm³/mol. The van der Waals surface area contributed by atoms with Crippen LogP contribution in [0.15, 0.2) is 48.8 Å². The van der Waals surface area contributed by atoms with Crippen LogP contribution in [-0.4, -0.2) is 24.2 Å². The lowest BCUT2D eigenvalue weighted by atomic mass is 10.2. The average Bonchev–Trinajstić information content (AvgIpc) is 3.36. The van der Waals surface area contributed by atoms with Crippen molar-refractivity contribution in [3.63, 3.8) is 0 Å². The van der Waals surface area contributed by atoms with Gasteiger partial charge >= 0.3 is 0 Å². The zero-order valence-electron chi connectivity index (χ0n) is 12.0. The third-order valence-corrected chi connectivity index (χ3v) is 3.38. The van der Waals surface area contributed by atoms with E-state index in [1.807, 2.05) is 36.4 Å². The second-order valence-electron chi connectivity index (χ2n) is 5.15. The smallest absolute Gasteiger partial charge is 0.142 e. The zero-order valence-corrected chi connectivity index (χ0v) is 12.0. The lowest BCUT2D eigenvalue weighted by Gasteiger charge is -2.12. The van der Waals surface area contributed by atoms with Gasteiger partial charge in [-0.1, -0.05) is 18.2 Å². The van der Waals surface area contributed by atoms with Crippen LogP contribution >= 0.6 is 0 Å². The SMILES string of the molecule is c1ccc(OCCOc2cnccc2CNC2CC2)cc1. The normalized spacial score (nSPS) is 13.9. The van der Waals surface area contributed by atoms with Crippen LogP contribution in [0.5, 0.6) is 11.5 Å². The molecule has 4 heteroatoms. The molecule has 0 bridgehead atoms. The number of nitrogens with zero attached hydrogens (tertiary/aromatic N) is 1. The first-order chi connectivity index (χ1) is 10.4. The third kappa shape index (κ3) is 4.46. The Morgan fingerprint density at radius 3 is 2.67 bits per heavy atom. The Balaban J connectivity index is 1.45. The zero-order chi connectivity index (χ0) is 14.3. The maximum atomic E-state index is 5.78. The summed E-state index contributed by atoms with van der Waals surface area (Å²) in [4.78, 5) is 4.13. The molecule has 0 atom stereocenters. The summed E-state index contributed by atoms with van der Waals surface area (Å²) >= 11 is 0. The highest BCUT2D eigenvalue weighted by atomic mass is 16.5. The molecule has 4 nitrogen and oxygen atoms in total. The monoisotopic (exact) mass is 284 g/mol. The van der Waals surface area contributed by atoms with Gasteiger partial charge < -0.3 is 14.8 Å². The fourth-order valence-corrected chi connectivity index (χ4v) is 2.05. The minimum absolute atomic E-state index is 0.511. The van der Waals surface area contributed by atoms with E-state index in [4.69, 9.17) is 9.47 Å². The molecule has 3 rings (SSSR count). The first kappa shape index (κ1) is 13.9. The van der Waals surface area contributed by atoms with Gasteiger partial charge in [-0.2, -0.15) is 0 Å². The molecular weight excluding hydrogens is 264 g/mol. The Bertz CT molecular complexity index is 556. The maximum Gasteiger partial charge on any atom is 0.142 e. The molecule has 0 radical (unpaired) electrons. The van der Waals surface area contributed by atoms with Crippen LogP contribution in [0, 0.1) is 0 Å². The lowest BCUT2D eigenvalue weighted by molar-refractivity contribution is 0.215. The number of benzene rings is 1. The quantitative estimate of drug-likeness (QED) is 0.757. The summed E-state index contributed by atoms with van der Waals surface area (Å²) in [5, 5.41) is 3.49. The molecule has 110 valence electrons. The Morgan fingerprint density at radius 2 is 1.86 bits per heavy atom. The number of aromatic nitrogens is 1. The van der Waals surface area contributed by atoms with Crippen LogP contribution in [0.1, 0.15) is 18.4 Å². The van der Waals surface area contributed by atoms with Gasteiger partial charge in [-0.05, 0) is 31.0 Å². The van der Waals surface area contributed by atoms with Crippen LogP contribution in [0.3, 0.4) is 0 Å². The van der Waals surface area contributed by atoms with Crippen molar-refractivity contribution in [2.75, 3.05) is 13.2 Å². The molecule has 0 spiro atoms. The second-order valence-corrected chi connectivity index (χ2v) is 5.15. The average molecular weight is 284 g/mol. The van der Waals surface area contributed by atoms with Gasteiger partial charge in [-0.15, -0.1) is 0 Å². The van der Waals surface area contributed by atoms with E-state index in [0.717, 1.165) is 23.6 Å². The molecule has 0 aliphatic heterocycles. The highest BCUT2D eigenvalue weighted by Crippen LogP contribution is 2.22. The molecular formula is C17H20N2O2. The van der Waals surface area contributed by atoms with E-state index in [-0.39, 0.29) is 0 Å². The van der Waals surface area contributed by atoms with Gasteiger partial charge in [0.2, 0.25) is 0 Å². The van der Waals surface area contributed by atoms with Crippen molar-refractivity contribution in [1.82, 2.24) is 10.3 Å². The molecule has 1 fully saturated rings. The van der Waals surface area contributed by atoms with E-state index in [1.165, 1.54) is 12.8 Å². The van der Waals surface area contributed by atoms with Crippen molar-refractivity contribution < 1.29 is 9.47 Å². The van der Waals surface area contributed by atoms with Gasteiger partial charge in [0.05, 0.1) is 6.20 Å². The number of para-hydroxylation sites is 1. The summed E-state index contributed by atoms with van der Waals surface area (Å²) < 4.78 is 11.4. The Labute approximate surface area is 125 Å². The molecule has 0 unspecified atom stereocenters. The molecule has 21 heavy (non-hydrogen) atoms. The van der Waals surface area contributed by atoms with E-state index in [0.29, 0.717) is 19.3 Å². The molecule has 1 aliphatic rings. The number of ether oxygens (including phenoxy) is 2. The summed E-state index contributed by atoms with van der Waals surface area (Å²) in [5.74, 6) is 1.70. The van der Waals surface area contributed by atoms with Crippen molar-refractivity contribution in [3.05, 3.63) is 54.4 Å². The second kappa shape index (κ2) is 7.09. The number of rotatable bonds is 8. The van der Waals surface area contributed by atoms with Crippen molar-refractivity contribution in [2.45, 2.75) is 25.4 Å². The molecule has 2 aromatic rings. The number of nitrogens with one attached hydrogen (secondary N) is 1. The summed E-state index contributed by atoms with van der Waals surface area (Å²) in [7, 11) is 0. The van der Waals surface area contributed by atoms with Gasteiger partial charge in [0, 0.05) is 24.3 Å². The number of hydrogen-bond donors (Lipinski definition) is 1. The van der Waals surface area contributed by atoms with Gasteiger partial charge in [0.25, 0.3) is 0 Å². The fourth-order valence-electron chi connectivity index (χ4n) is 2.05. The van der Waals surface area contributed by atoms with Crippen molar-refractivity contribution >= 4 is 0 Å². The molecule has 1 aromatic heterocycles. The Hall–Kier alpha value is -2.07. The van der Waals surface area contributed by atoms with Crippen molar-refractivity contribution in [1.29, 1.82) is 0 Å².